The number of carbonyl (C=O) groups excluding carboxylic acids is 5. The van der Waals surface area contributed by atoms with Gasteiger partial charge in [0.05, 0.1) is 0 Å². The van der Waals surface area contributed by atoms with Crippen LogP contribution in [0.5, 0.6) is 0 Å². The highest BCUT2D eigenvalue weighted by Crippen LogP contribution is 2.25. The van der Waals surface area contributed by atoms with Crippen molar-refractivity contribution in [2.45, 2.75) is 72.2 Å². The molecule has 0 radical (unpaired) electrons. The molecule has 1 fully saturated rings. The van der Waals surface area contributed by atoms with Crippen molar-refractivity contribution in [3.8, 4) is 0 Å². The highest BCUT2D eigenvalue weighted by Gasteiger charge is 2.33. The lowest BCUT2D eigenvalue weighted by Gasteiger charge is -2.27. The fraction of sp³-hybridized carbons (Fsp3) is 0.481. The van der Waals surface area contributed by atoms with E-state index in [0.29, 0.717) is 16.1 Å². The number of carbonyl (C=O) groups is 5. The first kappa shape index (κ1) is 30.1. The van der Waals surface area contributed by atoms with Gasteiger partial charge in [0.25, 0.3) is 11.8 Å². The van der Waals surface area contributed by atoms with Gasteiger partial charge < -0.3 is 23.5 Å². The molecule has 13 heteroatoms. The molecule has 2 amide bonds. The Labute approximate surface area is 229 Å². The average Bonchev–Trinajstić information content (AvgIpc) is 3.11. The number of benzene rings is 1. The largest absolute Gasteiger partial charge is 0.534 e. The van der Waals surface area contributed by atoms with Gasteiger partial charge in [-0.2, -0.15) is 0 Å². The first-order valence-corrected chi connectivity index (χ1v) is 12.5. The molecule has 2 heterocycles. The van der Waals surface area contributed by atoms with Crippen molar-refractivity contribution >= 4 is 46.6 Å². The summed E-state index contributed by atoms with van der Waals surface area (Å²) in [4.78, 5) is 78.9. The molecular formula is C27H32N2O11. The number of anilines is 1. The zero-order chi connectivity index (χ0) is 29.8. The van der Waals surface area contributed by atoms with Gasteiger partial charge in [0, 0.05) is 41.6 Å². The third-order valence-electron chi connectivity index (χ3n) is 5.18. The van der Waals surface area contributed by atoms with Crippen LogP contribution >= 0.6 is 0 Å². The zero-order valence-electron chi connectivity index (χ0n) is 23.2. The number of hydrogen-bond acceptors (Lipinski definition) is 12. The Morgan fingerprint density at radius 2 is 1.43 bits per heavy atom. The van der Waals surface area contributed by atoms with Crippen LogP contribution in [0, 0.1) is 0 Å². The Kier molecular flexibility index (Phi) is 8.86. The van der Waals surface area contributed by atoms with E-state index >= 15 is 0 Å². The molecule has 0 N–H and O–H groups in total. The number of esters is 2. The minimum absolute atomic E-state index is 0.0717. The van der Waals surface area contributed by atoms with Gasteiger partial charge in [-0.1, -0.05) is 5.06 Å². The summed E-state index contributed by atoms with van der Waals surface area (Å²) in [5, 5.41) is 0.731. The summed E-state index contributed by atoms with van der Waals surface area (Å²) in [5.41, 5.74) is -1.57. The fourth-order valence-electron chi connectivity index (χ4n) is 3.73. The van der Waals surface area contributed by atoms with Gasteiger partial charge in [-0.05, 0) is 53.7 Å². The number of hydrogen-bond donors (Lipinski definition) is 0. The summed E-state index contributed by atoms with van der Waals surface area (Å²) in [6, 6.07) is 5.71. The smallest absolute Gasteiger partial charge is 0.459 e. The molecule has 1 aliphatic rings. The lowest BCUT2D eigenvalue weighted by molar-refractivity contribution is -0.177. The van der Waals surface area contributed by atoms with Gasteiger partial charge >= 0.3 is 23.7 Å². The summed E-state index contributed by atoms with van der Waals surface area (Å²) in [5.74, 6) is -2.51. The molecule has 1 aromatic heterocycles. The number of hydroxylamine groups is 2. The Morgan fingerprint density at radius 3 is 1.95 bits per heavy atom. The summed E-state index contributed by atoms with van der Waals surface area (Å²) in [6.45, 7) is 9.27. The van der Waals surface area contributed by atoms with Crippen molar-refractivity contribution in [1.29, 1.82) is 0 Å². The molecule has 1 saturated heterocycles. The van der Waals surface area contributed by atoms with E-state index in [1.165, 1.54) is 11.0 Å². The van der Waals surface area contributed by atoms with Crippen LogP contribution in [0.15, 0.2) is 33.5 Å². The second-order valence-electron chi connectivity index (χ2n) is 11.0. The van der Waals surface area contributed by atoms with Crippen molar-refractivity contribution in [2.24, 2.45) is 0 Å². The molecular weight excluding hydrogens is 528 g/mol. The topological polar surface area (TPSA) is 159 Å². The summed E-state index contributed by atoms with van der Waals surface area (Å²) < 4.78 is 21.1. The molecule has 1 aliphatic heterocycles. The van der Waals surface area contributed by atoms with Crippen LogP contribution in [0.1, 0.15) is 59.9 Å². The number of amides is 2. The summed E-state index contributed by atoms with van der Waals surface area (Å²) >= 11 is 0. The van der Waals surface area contributed by atoms with Crippen LogP contribution in [-0.2, 0) is 44.8 Å². The molecule has 2 aromatic rings. The Morgan fingerprint density at radius 1 is 0.875 bits per heavy atom. The van der Waals surface area contributed by atoms with E-state index in [0.717, 1.165) is 6.07 Å². The molecule has 0 saturated carbocycles. The van der Waals surface area contributed by atoms with Crippen LogP contribution < -0.4 is 10.5 Å². The van der Waals surface area contributed by atoms with Crippen molar-refractivity contribution in [1.82, 2.24) is 5.06 Å². The zero-order valence-corrected chi connectivity index (χ0v) is 23.2. The maximum atomic E-state index is 12.6. The van der Waals surface area contributed by atoms with Gasteiger partial charge in [0.2, 0.25) is 0 Å². The molecule has 3 rings (SSSR count). The van der Waals surface area contributed by atoms with Crippen molar-refractivity contribution in [3.05, 3.63) is 40.2 Å². The highest BCUT2D eigenvalue weighted by atomic mass is 16.8. The first-order chi connectivity index (χ1) is 18.5. The van der Waals surface area contributed by atoms with Gasteiger partial charge in [0.15, 0.2) is 0 Å². The molecule has 0 spiro atoms. The van der Waals surface area contributed by atoms with Crippen LogP contribution in [0.25, 0.3) is 11.0 Å². The first-order valence-electron chi connectivity index (χ1n) is 12.5. The maximum Gasteiger partial charge on any atom is 0.534 e. The number of ether oxygens (including phenoxy) is 3. The van der Waals surface area contributed by atoms with Gasteiger partial charge in [-0.15, -0.1) is 0 Å². The van der Waals surface area contributed by atoms with E-state index < -0.39 is 53.3 Å². The van der Waals surface area contributed by atoms with E-state index in [1.807, 2.05) is 0 Å². The minimum Gasteiger partial charge on any atom is -0.459 e. The number of rotatable bonds is 8. The van der Waals surface area contributed by atoms with Gasteiger partial charge in [0.1, 0.15) is 36.5 Å². The minimum atomic E-state index is -1.30. The second kappa shape index (κ2) is 11.8. The third kappa shape index (κ3) is 8.55. The van der Waals surface area contributed by atoms with Crippen molar-refractivity contribution in [2.75, 3.05) is 18.0 Å². The lowest BCUT2D eigenvalue weighted by Crippen LogP contribution is -2.40. The van der Waals surface area contributed by atoms with Gasteiger partial charge in [-0.3, -0.25) is 24.0 Å². The second-order valence-corrected chi connectivity index (χ2v) is 11.0. The van der Waals surface area contributed by atoms with E-state index in [-0.39, 0.29) is 37.1 Å². The van der Waals surface area contributed by atoms with E-state index in [4.69, 9.17) is 18.6 Å². The normalized spacial score (nSPS) is 13.8. The van der Waals surface area contributed by atoms with E-state index in [9.17, 15) is 28.8 Å². The number of fused-ring (bicyclic) bond motifs is 1. The predicted octanol–water partition coefficient (Wildman–Crippen LogP) is 3.00. The average molecular weight is 561 g/mol. The number of nitrogens with zero attached hydrogens (tertiary/aromatic N) is 2. The maximum absolute atomic E-state index is 12.6. The third-order valence-corrected chi connectivity index (χ3v) is 5.18. The molecule has 0 bridgehead atoms. The van der Waals surface area contributed by atoms with Crippen LogP contribution in [0.4, 0.5) is 10.5 Å². The summed E-state index contributed by atoms with van der Waals surface area (Å²) in [6.07, 6.45) is -1.45. The monoisotopic (exact) mass is 560 g/mol. The Hall–Kier alpha value is -4.42. The lowest BCUT2D eigenvalue weighted by atomic mass is 10.1. The Bertz CT molecular complexity index is 1340. The van der Waals surface area contributed by atoms with Crippen molar-refractivity contribution < 1.29 is 47.4 Å². The fourth-order valence-corrected chi connectivity index (χ4v) is 3.73. The quantitative estimate of drug-likeness (QED) is 0.201. The van der Waals surface area contributed by atoms with Crippen molar-refractivity contribution in [3.63, 3.8) is 0 Å². The summed E-state index contributed by atoms with van der Waals surface area (Å²) in [7, 11) is 0. The number of imide groups is 1. The van der Waals surface area contributed by atoms with Crippen LogP contribution in [-0.4, -0.2) is 59.3 Å². The molecule has 216 valence electrons. The van der Waals surface area contributed by atoms with Gasteiger partial charge in [-0.25, -0.2) is 9.59 Å². The molecule has 0 unspecified atom stereocenters. The molecule has 0 aliphatic carbocycles. The predicted molar refractivity (Wildman–Crippen MR) is 139 cm³/mol. The van der Waals surface area contributed by atoms with E-state index in [2.05, 4.69) is 4.84 Å². The van der Waals surface area contributed by atoms with Crippen LogP contribution in [0.3, 0.4) is 0 Å². The SMILES string of the molecule is CC(C)(C)OC(=O)CN(CC(=O)OC(C)(C)C)c1ccc2c(COC(=O)ON3C(=O)CCC3=O)cc(=O)oc2c1. The standard InChI is InChI=1S/C27H32N2O11/c1-26(2,3)38-23(33)13-28(14-24(34)39-27(4,5)6)17-7-8-18-16(11-22(32)37-19(18)12-17)15-36-25(35)40-29-20(30)9-10-21(29)31/h7-8,11-12H,9-10,13-15H2,1-6H3. The molecule has 40 heavy (non-hydrogen) atoms. The highest BCUT2D eigenvalue weighted by molar-refractivity contribution is 6.01. The molecule has 1 aromatic carbocycles. The molecule has 13 nitrogen and oxygen atoms in total. The van der Waals surface area contributed by atoms with Crippen LogP contribution in [0.2, 0.25) is 0 Å². The Balaban J connectivity index is 1.84. The molecule has 0 atom stereocenters. The van der Waals surface area contributed by atoms with E-state index in [1.54, 1.807) is 53.7 Å².